The second-order valence-corrected chi connectivity index (χ2v) is 8.23. The van der Waals surface area contributed by atoms with Crippen molar-refractivity contribution >= 4 is 21.6 Å². The first-order chi connectivity index (χ1) is 17.6. The summed E-state index contributed by atoms with van der Waals surface area (Å²) in [5.41, 5.74) is 1.77. The first-order valence-corrected chi connectivity index (χ1v) is 11.4. The van der Waals surface area contributed by atoms with Gasteiger partial charge in [-0.1, -0.05) is 41.6 Å². The predicted octanol–water partition coefficient (Wildman–Crippen LogP) is 4.92. The molecule has 0 N–H and O–H groups in total. The molecule has 0 spiro atoms. The Labute approximate surface area is 212 Å². The number of para-hydroxylation sites is 1. The van der Waals surface area contributed by atoms with Gasteiger partial charge in [-0.15, -0.1) is 15.3 Å². The second-order valence-electron chi connectivity index (χ2n) is 7.38. The van der Waals surface area contributed by atoms with Crippen LogP contribution in [0.25, 0.3) is 11.5 Å². The number of aromatic nitrogens is 6. The van der Waals surface area contributed by atoms with Crippen molar-refractivity contribution < 1.29 is 18.4 Å². The third-order valence-electron chi connectivity index (χ3n) is 4.92. The number of hydrogen-bond acceptors (Lipinski definition) is 9. The number of aryl methyl sites for hydroxylation is 1. The quantitative estimate of drug-likeness (QED) is 0.198. The van der Waals surface area contributed by atoms with Crippen LogP contribution in [0.5, 0.6) is 11.5 Å². The molecular weight excluding hydrogens is 533 g/mol. The highest BCUT2D eigenvalue weighted by atomic mass is 79.9. The number of oxime groups is 1. The molecule has 0 radical (unpaired) electrons. The van der Waals surface area contributed by atoms with Gasteiger partial charge in [0.25, 0.3) is 11.8 Å². The third kappa shape index (κ3) is 5.13. The van der Waals surface area contributed by atoms with Gasteiger partial charge >= 0.3 is 0 Å². The molecule has 0 aliphatic carbocycles. The molecule has 180 valence electrons. The van der Waals surface area contributed by atoms with E-state index in [2.05, 4.69) is 46.8 Å². The minimum atomic E-state index is -0.357. The zero-order chi connectivity index (χ0) is 24.9. The Morgan fingerprint density at radius 3 is 2.56 bits per heavy atom. The van der Waals surface area contributed by atoms with E-state index in [1.807, 2.05) is 42.5 Å². The van der Waals surface area contributed by atoms with Crippen molar-refractivity contribution in [3.63, 3.8) is 0 Å². The van der Waals surface area contributed by atoms with E-state index in [1.54, 1.807) is 13.1 Å². The maximum absolute atomic E-state index is 13.3. The van der Waals surface area contributed by atoms with Crippen LogP contribution < -0.4 is 4.74 Å². The lowest BCUT2D eigenvalue weighted by atomic mass is 10.1. The molecule has 10 nitrogen and oxygen atoms in total. The van der Waals surface area contributed by atoms with Crippen molar-refractivity contribution in [1.82, 2.24) is 30.4 Å². The number of halogens is 2. The molecule has 2 aromatic heterocycles. The Hall–Kier alpha value is -4.45. The van der Waals surface area contributed by atoms with Gasteiger partial charge in [0, 0.05) is 12.6 Å². The lowest BCUT2D eigenvalue weighted by Gasteiger charge is -2.11. The van der Waals surface area contributed by atoms with Gasteiger partial charge in [-0.05, 0) is 62.8 Å². The molecule has 0 unspecified atom stereocenters. The molecule has 3 aromatic carbocycles. The van der Waals surface area contributed by atoms with Crippen LogP contribution in [0.1, 0.15) is 17.3 Å². The SMILES string of the molecule is Cn1nnnc1/C(=N\OCc1nnc(-c2cccc(Br)c2Oc2ccc(F)cc2)o1)c1ccccc1. The normalized spacial score (nSPS) is 11.5. The molecule has 5 aromatic rings. The molecule has 0 saturated heterocycles. The van der Waals surface area contributed by atoms with E-state index in [0.29, 0.717) is 33.1 Å². The van der Waals surface area contributed by atoms with Crippen molar-refractivity contribution in [2.24, 2.45) is 12.2 Å². The summed E-state index contributed by atoms with van der Waals surface area (Å²) < 4.78 is 27.2. The number of rotatable bonds is 8. The number of nitrogens with zero attached hydrogens (tertiary/aromatic N) is 7. The summed E-state index contributed by atoms with van der Waals surface area (Å²) in [5.74, 6) is 1.39. The summed E-state index contributed by atoms with van der Waals surface area (Å²) in [6, 6.07) is 20.5. The van der Waals surface area contributed by atoms with E-state index < -0.39 is 0 Å². The molecule has 0 saturated carbocycles. The van der Waals surface area contributed by atoms with Gasteiger partial charge in [0.2, 0.25) is 5.82 Å². The largest absolute Gasteiger partial charge is 0.455 e. The van der Waals surface area contributed by atoms with E-state index in [4.69, 9.17) is 14.0 Å². The Bertz CT molecular complexity index is 1500. The molecule has 12 heteroatoms. The zero-order valence-electron chi connectivity index (χ0n) is 18.7. The molecule has 5 rings (SSSR count). The van der Waals surface area contributed by atoms with Crippen LogP contribution >= 0.6 is 15.9 Å². The maximum atomic E-state index is 13.3. The zero-order valence-corrected chi connectivity index (χ0v) is 20.3. The number of benzene rings is 3. The summed E-state index contributed by atoms with van der Waals surface area (Å²) in [7, 11) is 1.71. The van der Waals surface area contributed by atoms with Crippen molar-refractivity contribution in [1.29, 1.82) is 0 Å². The second kappa shape index (κ2) is 10.4. The lowest BCUT2D eigenvalue weighted by molar-refractivity contribution is 0.111. The number of tetrazole rings is 1. The summed E-state index contributed by atoms with van der Waals surface area (Å²) in [5, 5.41) is 24.0. The number of hydrogen-bond donors (Lipinski definition) is 0. The molecule has 0 atom stereocenters. The highest BCUT2D eigenvalue weighted by Crippen LogP contribution is 2.38. The van der Waals surface area contributed by atoms with Gasteiger partial charge in [-0.3, -0.25) is 0 Å². The molecule has 0 amide bonds. The minimum Gasteiger partial charge on any atom is -0.455 e. The highest BCUT2D eigenvalue weighted by molar-refractivity contribution is 9.10. The minimum absolute atomic E-state index is 0.0865. The molecule has 0 aliphatic rings. The van der Waals surface area contributed by atoms with Crippen LogP contribution in [-0.4, -0.2) is 36.1 Å². The fourth-order valence-electron chi connectivity index (χ4n) is 3.22. The third-order valence-corrected chi connectivity index (χ3v) is 5.55. The van der Waals surface area contributed by atoms with E-state index in [1.165, 1.54) is 28.9 Å². The molecule has 0 bridgehead atoms. The van der Waals surface area contributed by atoms with Gasteiger partial charge in [-0.2, -0.15) is 0 Å². The van der Waals surface area contributed by atoms with Crippen LogP contribution in [0, 0.1) is 5.82 Å². The number of ether oxygens (including phenoxy) is 1. The van der Waals surface area contributed by atoms with Crippen LogP contribution in [0.15, 0.2) is 86.8 Å². The van der Waals surface area contributed by atoms with Gasteiger partial charge in [0.05, 0.1) is 10.0 Å². The van der Waals surface area contributed by atoms with Crippen LogP contribution in [0.2, 0.25) is 0 Å². The Balaban J connectivity index is 1.36. The summed E-state index contributed by atoms with van der Waals surface area (Å²) in [4.78, 5) is 5.53. The average Bonchev–Trinajstić information content (AvgIpc) is 3.54. The van der Waals surface area contributed by atoms with E-state index in [0.717, 1.165) is 5.56 Å². The van der Waals surface area contributed by atoms with Crippen LogP contribution in [-0.2, 0) is 18.5 Å². The van der Waals surface area contributed by atoms with Crippen LogP contribution in [0.3, 0.4) is 0 Å². The maximum Gasteiger partial charge on any atom is 0.257 e. The van der Waals surface area contributed by atoms with E-state index in [-0.39, 0.29) is 24.2 Å². The Morgan fingerprint density at radius 2 is 1.81 bits per heavy atom. The standard InChI is InChI=1S/C24H17BrFN7O3/c1-33-23(28-31-32-33)21(15-6-3-2-4-7-15)30-34-14-20-27-29-24(36-20)18-8-5-9-19(25)22(18)35-17-12-10-16(26)11-13-17/h2-13H,14H2,1H3/b30-21-. The Morgan fingerprint density at radius 1 is 1.00 bits per heavy atom. The molecule has 0 fully saturated rings. The smallest absolute Gasteiger partial charge is 0.257 e. The lowest BCUT2D eigenvalue weighted by Crippen LogP contribution is -2.12. The Kier molecular flexibility index (Phi) is 6.76. The molecular formula is C24H17BrFN7O3. The van der Waals surface area contributed by atoms with Crippen molar-refractivity contribution in [2.45, 2.75) is 6.61 Å². The van der Waals surface area contributed by atoms with E-state index >= 15 is 0 Å². The molecule has 36 heavy (non-hydrogen) atoms. The first-order valence-electron chi connectivity index (χ1n) is 10.6. The van der Waals surface area contributed by atoms with Gasteiger partial charge < -0.3 is 14.0 Å². The van der Waals surface area contributed by atoms with Crippen LogP contribution in [0.4, 0.5) is 4.39 Å². The van der Waals surface area contributed by atoms with Gasteiger partial charge in [0.1, 0.15) is 11.6 Å². The fourth-order valence-corrected chi connectivity index (χ4v) is 3.67. The highest BCUT2D eigenvalue weighted by Gasteiger charge is 2.18. The van der Waals surface area contributed by atoms with Crippen molar-refractivity contribution in [2.75, 3.05) is 0 Å². The summed E-state index contributed by atoms with van der Waals surface area (Å²) in [6.45, 7) is -0.0865. The summed E-state index contributed by atoms with van der Waals surface area (Å²) >= 11 is 3.48. The molecule has 2 heterocycles. The van der Waals surface area contributed by atoms with Crippen molar-refractivity contribution in [3.8, 4) is 23.0 Å². The summed E-state index contributed by atoms with van der Waals surface area (Å²) in [6.07, 6.45) is 0. The molecule has 0 aliphatic heterocycles. The van der Waals surface area contributed by atoms with Gasteiger partial charge in [-0.25, -0.2) is 9.07 Å². The predicted molar refractivity (Wildman–Crippen MR) is 130 cm³/mol. The van der Waals surface area contributed by atoms with Gasteiger partial charge in [0.15, 0.2) is 18.1 Å². The fraction of sp³-hybridized carbons (Fsp3) is 0.0833. The average molecular weight is 550 g/mol. The van der Waals surface area contributed by atoms with E-state index in [9.17, 15) is 4.39 Å². The monoisotopic (exact) mass is 549 g/mol. The topological polar surface area (TPSA) is 113 Å². The van der Waals surface area contributed by atoms with Crippen molar-refractivity contribution in [3.05, 3.63) is 100 Å². The first kappa shape index (κ1) is 23.3.